The van der Waals surface area contributed by atoms with Crippen molar-refractivity contribution >= 4 is 41.2 Å². The van der Waals surface area contributed by atoms with E-state index in [1.165, 1.54) is 0 Å². The molecule has 168 valence electrons. The molecule has 0 atom stereocenters. The van der Waals surface area contributed by atoms with Crippen LogP contribution in [-0.2, 0) is 11.2 Å². The van der Waals surface area contributed by atoms with E-state index in [9.17, 15) is 4.79 Å². The number of carbonyl (C=O) groups is 1. The van der Waals surface area contributed by atoms with Crippen LogP contribution in [-0.4, -0.2) is 57.0 Å². The number of aryl methyl sites for hydroxylation is 1. The van der Waals surface area contributed by atoms with Gasteiger partial charge in [-0.3, -0.25) is 15.6 Å². The Morgan fingerprint density at radius 3 is 2.70 bits per heavy atom. The Balaban J connectivity index is 1.28. The topological polar surface area (TPSA) is 125 Å². The number of benzene rings is 1. The molecule has 0 spiro atoms. The Bertz CT molecular complexity index is 1200. The van der Waals surface area contributed by atoms with E-state index in [1.807, 2.05) is 48.4 Å². The van der Waals surface area contributed by atoms with E-state index in [4.69, 9.17) is 5.84 Å². The SMILES string of the molecule is Cc1nc(Nc2cnc(/C=C/c3cccc4c3CC(=O)N4)cn2)cc(N2CCN(N)CC2)n1. The van der Waals surface area contributed by atoms with Gasteiger partial charge in [-0.05, 0) is 30.2 Å². The second-order valence-electron chi connectivity index (χ2n) is 8.06. The van der Waals surface area contributed by atoms with Crippen LogP contribution in [0.4, 0.5) is 23.1 Å². The van der Waals surface area contributed by atoms with Gasteiger partial charge in [0.1, 0.15) is 23.3 Å². The van der Waals surface area contributed by atoms with Gasteiger partial charge in [-0.1, -0.05) is 18.2 Å². The summed E-state index contributed by atoms with van der Waals surface area (Å²) in [4.78, 5) is 31.9. The molecule has 1 saturated heterocycles. The molecular formula is C23H25N9O. The highest BCUT2D eigenvalue weighted by Gasteiger charge is 2.19. The van der Waals surface area contributed by atoms with Gasteiger partial charge in [-0.25, -0.2) is 20.0 Å². The number of piperazine rings is 1. The second-order valence-corrected chi connectivity index (χ2v) is 8.06. The number of aromatic nitrogens is 4. The van der Waals surface area contributed by atoms with Crippen molar-refractivity contribution in [2.24, 2.45) is 5.84 Å². The highest BCUT2D eigenvalue weighted by atomic mass is 16.1. The molecule has 10 nitrogen and oxygen atoms in total. The third kappa shape index (κ3) is 4.81. The number of hydrogen-bond donors (Lipinski definition) is 3. The number of amides is 1. The highest BCUT2D eigenvalue weighted by Crippen LogP contribution is 2.27. The van der Waals surface area contributed by atoms with Gasteiger partial charge in [-0.15, -0.1) is 0 Å². The van der Waals surface area contributed by atoms with E-state index in [0.717, 1.165) is 54.5 Å². The van der Waals surface area contributed by atoms with Crippen molar-refractivity contribution in [2.75, 3.05) is 41.7 Å². The maximum atomic E-state index is 11.7. The van der Waals surface area contributed by atoms with Gasteiger partial charge in [0.2, 0.25) is 5.91 Å². The zero-order chi connectivity index (χ0) is 22.8. The average molecular weight is 444 g/mol. The summed E-state index contributed by atoms with van der Waals surface area (Å²) in [6.07, 6.45) is 7.61. The highest BCUT2D eigenvalue weighted by molar-refractivity contribution is 6.00. The van der Waals surface area contributed by atoms with Crippen LogP contribution < -0.4 is 21.4 Å². The summed E-state index contributed by atoms with van der Waals surface area (Å²) in [5, 5.41) is 7.90. The van der Waals surface area contributed by atoms with Crippen molar-refractivity contribution in [2.45, 2.75) is 13.3 Å². The van der Waals surface area contributed by atoms with Crippen LogP contribution in [0.25, 0.3) is 12.2 Å². The fraction of sp³-hybridized carbons (Fsp3) is 0.261. The molecular weight excluding hydrogens is 418 g/mol. The molecule has 0 aliphatic carbocycles. The van der Waals surface area contributed by atoms with E-state index in [-0.39, 0.29) is 5.91 Å². The molecule has 1 fully saturated rings. The molecule has 2 aliphatic rings. The van der Waals surface area contributed by atoms with Gasteiger partial charge in [0.25, 0.3) is 0 Å². The minimum atomic E-state index is 0.0193. The maximum Gasteiger partial charge on any atom is 0.228 e. The first-order valence-corrected chi connectivity index (χ1v) is 10.8. The number of rotatable bonds is 5. The number of fused-ring (bicyclic) bond motifs is 1. The number of anilines is 4. The molecule has 4 heterocycles. The third-order valence-corrected chi connectivity index (χ3v) is 5.65. The molecule has 0 bridgehead atoms. The van der Waals surface area contributed by atoms with Crippen molar-refractivity contribution in [3.63, 3.8) is 0 Å². The quantitative estimate of drug-likeness (QED) is 0.508. The average Bonchev–Trinajstić information content (AvgIpc) is 3.19. The van der Waals surface area contributed by atoms with Crippen LogP contribution in [0.3, 0.4) is 0 Å². The van der Waals surface area contributed by atoms with E-state index >= 15 is 0 Å². The minimum absolute atomic E-state index is 0.0193. The second kappa shape index (κ2) is 8.93. The van der Waals surface area contributed by atoms with Crippen LogP contribution in [0, 0.1) is 6.92 Å². The van der Waals surface area contributed by atoms with Crippen LogP contribution in [0.15, 0.2) is 36.7 Å². The number of nitrogens with one attached hydrogen (secondary N) is 2. The lowest BCUT2D eigenvalue weighted by Crippen LogP contribution is -2.49. The zero-order valence-electron chi connectivity index (χ0n) is 18.3. The van der Waals surface area contributed by atoms with Crippen LogP contribution in [0.2, 0.25) is 0 Å². The number of carbonyl (C=O) groups excluding carboxylic acids is 1. The molecule has 4 N–H and O–H groups in total. The van der Waals surface area contributed by atoms with Gasteiger partial charge in [-0.2, -0.15) is 0 Å². The van der Waals surface area contributed by atoms with Crippen LogP contribution in [0.5, 0.6) is 0 Å². The van der Waals surface area contributed by atoms with Gasteiger partial charge in [0.05, 0.1) is 24.5 Å². The van der Waals surface area contributed by atoms with E-state index in [2.05, 4.69) is 35.5 Å². The molecule has 0 saturated carbocycles. The van der Waals surface area contributed by atoms with Crippen molar-refractivity contribution in [1.29, 1.82) is 0 Å². The molecule has 3 aromatic rings. The first-order chi connectivity index (χ1) is 16.0. The third-order valence-electron chi connectivity index (χ3n) is 5.65. The molecule has 2 aliphatic heterocycles. The Morgan fingerprint density at radius 2 is 1.91 bits per heavy atom. The smallest absolute Gasteiger partial charge is 0.228 e. The maximum absolute atomic E-state index is 11.7. The molecule has 2 aromatic heterocycles. The fourth-order valence-electron chi connectivity index (χ4n) is 3.95. The van der Waals surface area contributed by atoms with Crippen LogP contribution in [0.1, 0.15) is 22.6 Å². The Morgan fingerprint density at radius 1 is 1.06 bits per heavy atom. The fourth-order valence-corrected chi connectivity index (χ4v) is 3.95. The van der Waals surface area contributed by atoms with Crippen molar-refractivity contribution in [1.82, 2.24) is 24.9 Å². The lowest BCUT2D eigenvalue weighted by molar-refractivity contribution is -0.115. The summed E-state index contributed by atoms with van der Waals surface area (Å²) >= 11 is 0. The molecule has 1 amide bonds. The zero-order valence-corrected chi connectivity index (χ0v) is 18.3. The molecule has 0 unspecified atom stereocenters. The largest absolute Gasteiger partial charge is 0.354 e. The minimum Gasteiger partial charge on any atom is -0.354 e. The monoisotopic (exact) mass is 443 g/mol. The van der Waals surface area contributed by atoms with Crippen molar-refractivity contribution in [3.8, 4) is 0 Å². The van der Waals surface area contributed by atoms with Crippen molar-refractivity contribution < 1.29 is 4.79 Å². The molecule has 33 heavy (non-hydrogen) atoms. The van der Waals surface area contributed by atoms with Gasteiger partial charge >= 0.3 is 0 Å². The summed E-state index contributed by atoms with van der Waals surface area (Å²) in [6, 6.07) is 7.74. The summed E-state index contributed by atoms with van der Waals surface area (Å²) in [7, 11) is 0. The van der Waals surface area contributed by atoms with E-state index in [0.29, 0.717) is 23.9 Å². The Labute approximate surface area is 191 Å². The van der Waals surface area contributed by atoms with Gasteiger partial charge in [0, 0.05) is 37.9 Å². The molecule has 0 radical (unpaired) electrons. The Hall–Kier alpha value is -3.89. The normalized spacial score (nSPS) is 16.2. The first-order valence-electron chi connectivity index (χ1n) is 10.8. The lowest BCUT2D eigenvalue weighted by Gasteiger charge is -2.33. The summed E-state index contributed by atoms with van der Waals surface area (Å²) in [5.41, 5.74) is 3.59. The van der Waals surface area contributed by atoms with Gasteiger partial charge in [0.15, 0.2) is 0 Å². The predicted molar refractivity (Wildman–Crippen MR) is 128 cm³/mol. The van der Waals surface area contributed by atoms with E-state index in [1.54, 1.807) is 12.4 Å². The standard InChI is InChI=1S/C23H25N9O/c1-15-27-20(12-22(28-15)31-7-9-32(24)10-8-31)30-21-14-25-17(13-26-21)6-5-16-3-2-4-19-18(16)11-23(33)29-19/h2-6,12-14H,7-11,24H2,1H3,(H,29,33)(H,26,27,28,30)/b6-5+. The van der Waals surface area contributed by atoms with Gasteiger partial charge < -0.3 is 15.5 Å². The number of hydrazine groups is 1. The molecule has 10 heteroatoms. The first kappa shape index (κ1) is 21.0. The summed E-state index contributed by atoms with van der Waals surface area (Å²) in [5.74, 6) is 8.69. The number of nitrogens with two attached hydrogens (primary N) is 1. The number of nitrogens with zero attached hydrogens (tertiary/aromatic N) is 6. The molecule has 1 aromatic carbocycles. The summed E-state index contributed by atoms with van der Waals surface area (Å²) in [6.45, 7) is 5.11. The Kier molecular flexibility index (Phi) is 5.68. The van der Waals surface area contributed by atoms with Crippen LogP contribution >= 0.6 is 0 Å². The molecule has 5 rings (SSSR count). The lowest BCUT2D eigenvalue weighted by atomic mass is 10.0. The number of hydrogen-bond acceptors (Lipinski definition) is 9. The van der Waals surface area contributed by atoms with Crippen molar-refractivity contribution in [3.05, 3.63) is 59.3 Å². The summed E-state index contributed by atoms with van der Waals surface area (Å²) < 4.78 is 0. The van der Waals surface area contributed by atoms with E-state index < -0.39 is 0 Å². The predicted octanol–water partition coefficient (Wildman–Crippen LogP) is 1.98.